The van der Waals surface area contributed by atoms with E-state index in [2.05, 4.69) is 30.7 Å². The van der Waals surface area contributed by atoms with E-state index >= 15 is 0 Å². The summed E-state index contributed by atoms with van der Waals surface area (Å²) in [4.78, 5) is 31.0. The summed E-state index contributed by atoms with van der Waals surface area (Å²) < 4.78 is 7.46. The second kappa shape index (κ2) is 7.34. The summed E-state index contributed by atoms with van der Waals surface area (Å²) in [6, 6.07) is -0.319. The maximum Gasteiger partial charge on any atom is 0.271 e. The van der Waals surface area contributed by atoms with Crippen molar-refractivity contribution in [2.45, 2.75) is 50.7 Å². The molecule has 4 rings (SSSR count). The Hall–Kier alpha value is -2.75. The van der Waals surface area contributed by atoms with Crippen molar-refractivity contribution in [1.29, 1.82) is 0 Å². The van der Waals surface area contributed by atoms with E-state index in [4.69, 9.17) is 4.42 Å². The fourth-order valence-electron chi connectivity index (χ4n) is 3.84. The number of carbonyl (C=O) groups excluding carboxylic acids is 2. The molecule has 0 bridgehead atoms. The lowest BCUT2D eigenvalue weighted by Gasteiger charge is -2.36. The second-order valence-electron chi connectivity index (χ2n) is 7.83. The average Bonchev–Trinajstić information content (AvgIpc) is 3.37. The lowest BCUT2D eigenvalue weighted by atomic mass is 10.1. The Balaban J connectivity index is 1.42. The van der Waals surface area contributed by atoms with Crippen LogP contribution in [0, 0.1) is 0 Å². The van der Waals surface area contributed by atoms with Gasteiger partial charge in [0, 0.05) is 50.8 Å². The molecule has 2 saturated heterocycles. The van der Waals surface area contributed by atoms with Crippen molar-refractivity contribution < 1.29 is 14.0 Å². The van der Waals surface area contributed by atoms with E-state index < -0.39 is 0 Å². The monoisotopic (exact) mass is 387 g/mol. The van der Waals surface area contributed by atoms with Gasteiger partial charge < -0.3 is 19.6 Å². The molecule has 2 aliphatic rings. The van der Waals surface area contributed by atoms with Crippen molar-refractivity contribution in [3.8, 4) is 0 Å². The van der Waals surface area contributed by atoms with Gasteiger partial charge in [-0.3, -0.25) is 14.5 Å². The van der Waals surface area contributed by atoms with Crippen LogP contribution in [0.4, 0.5) is 0 Å². The molecule has 0 aromatic carbocycles. The zero-order valence-electron chi connectivity index (χ0n) is 16.3. The molecule has 4 heterocycles. The molecule has 2 N–H and O–H groups in total. The van der Waals surface area contributed by atoms with Crippen LogP contribution >= 0.6 is 0 Å². The molecule has 3 atom stereocenters. The van der Waals surface area contributed by atoms with Gasteiger partial charge in [0.1, 0.15) is 5.69 Å². The Kier molecular flexibility index (Phi) is 4.88. The van der Waals surface area contributed by atoms with Crippen molar-refractivity contribution in [3.63, 3.8) is 0 Å². The molecule has 2 fully saturated rings. The highest BCUT2D eigenvalue weighted by molar-refractivity contribution is 5.92. The van der Waals surface area contributed by atoms with Gasteiger partial charge in [-0.05, 0) is 6.42 Å². The van der Waals surface area contributed by atoms with Crippen LogP contribution in [0.2, 0.25) is 0 Å². The lowest BCUT2D eigenvalue weighted by Crippen LogP contribution is -2.58. The summed E-state index contributed by atoms with van der Waals surface area (Å²) >= 11 is 0. The predicted octanol–water partition coefficient (Wildman–Crippen LogP) is -0.160. The molecule has 0 unspecified atom stereocenters. The zero-order valence-corrected chi connectivity index (χ0v) is 16.3. The van der Waals surface area contributed by atoms with Crippen molar-refractivity contribution in [1.82, 2.24) is 35.3 Å². The van der Waals surface area contributed by atoms with E-state index in [0.29, 0.717) is 43.4 Å². The van der Waals surface area contributed by atoms with E-state index in [0.717, 1.165) is 0 Å². The van der Waals surface area contributed by atoms with E-state index in [1.54, 1.807) is 17.1 Å². The first-order valence-corrected chi connectivity index (χ1v) is 9.55. The van der Waals surface area contributed by atoms with Gasteiger partial charge in [-0.25, -0.2) is 4.98 Å². The molecule has 0 aliphatic carbocycles. The number of hydrogen-bond acceptors (Lipinski definition) is 7. The quantitative estimate of drug-likeness (QED) is 0.732. The number of imidazole rings is 1. The number of aromatic nitrogens is 4. The lowest BCUT2D eigenvalue weighted by molar-refractivity contribution is -0.129. The third-order valence-corrected chi connectivity index (χ3v) is 5.28. The standard InChI is InChI=1S/C18H25N7O3/c1-10(2)18-23-22-15(28-18)5-12-6-19-17(27)14-4-11(7-25(12)14)21-16(26)13-8-24(3)9-20-13/h8-12,14H,4-7H2,1-3H3,(H,19,27)(H,21,26)/t11-,12+,14-/m0/s1. The van der Waals surface area contributed by atoms with Gasteiger partial charge in [-0.2, -0.15) is 0 Å². The molecule has 2 aromatic heterocycles. The number of rotatable bonds is 5. The van der Waals surface area contributed by atoms with Crippen molar-refractivity contribution >= 4 is 11.8 Å². The largest absolute Gasteiger partial charge is 0.425 e. The normalized spacial score (nSPS) is 25.0. The topological polar surface area (TPSA) is 118 Å². The Morgan fingerprint density at radius 1 is 1.43 bits per heavy atom. The molecule has 2 aliphatic heterocycles. The molecule has 0 spiro atoms. The zero-order chi connectivity index (χ0) is 19.8. The Labute approximate surface area is 162 Å². The highest BCUT2D eigenvalue weighted by Gasteiger charge is 2.44. The number of amides is 2. The minimum absolute atomic E-state index is 0.000710. The van der Waals surface area contributed by atoms with Crippen LogP contribution < -0.4 is 10.6 Å². The molecule has 10 heteroatoms. The number of carbonyl (C=O) groups is 2. The Morgan fingerprint density at radius 3 is 2.93 bits per heavy atom. The minimum Gasteiger partial charge on any atom is -0.425 e. The first-order valence-electron chi connectivity index (χ1n) is 9.55. The Bertz CT molecular complexity index is 874. The van der Waals surface area contributed by atoms with Crippen molar-refractivity contribution in [2.75, 3.05) is 13.1 Å². The maximum atomic E-state index is 12.4. The minimum atomic E-state index is -0.264. The van der Waals surface area contributed by atoms with E-state index in [-0.39, 0.29) is 35.9 Å². The van der Waals surface area contributed by atoms with Gasteiger partial charge in [0.05, 0.1) is 12.4 Å². The number of nitrogens with zero attached hydrogens (tertiary/aromatic N) is 5. The number of nitrogens with one attached hydrogen (secondary N) is 2. The van der Waals surface area contributed by atoms with Crippen LogP contribution in [-0.4, -0.2) is 67.7 Å². The number of fused-ring (bicyclic) bond motifs is 1. The molecule has 150 valence electrons. The van der Waals surface area contributed by atoms with Gasteiger partial charge in [-0.1, -0.05) is 13.8 Å². The molecular formula is C18H25N7O3. The van der Waals surface area contributed by atoms with Gasteiger partial charge >= 0.3 is 0 Å². The van der Waals surface area contributed by atoms with E-state index in [1.165, 1.54) is 0 Å². The average molecular weight is 387 g/mol. The fraction of sp³-hybridized carbons (Fsp3) is 0.611. The third kappa shape index (κ3) is 3.64. The molecule has 28 heavy (non-hydrogen) atoms. The summed E-state index contributed by atoms with van der Waals surface area (Å²) in [5, 5.41) is 14.2. The van der Waals surface area contributed by atoms with Crippen molar-refractivity contribution in [2.24, 2.45) is 7.05 Å². The summed E-state index contributed by atoms with van der Waals surface area (Å²) in [5.74, 6) is 1.15. The second-order valence-corrected chi connectivity index (χ2v) is 7.83. The van der Waals surface area contributed by atoms with Crippen molar-refractivity contribution in [3.05, 3.63) is 30.0 Å². The SMILES string of the molecule is CC(C)c1nnc(C[C@@H]2CNC(=O)[C@@H]3C[C@H](NC(=O)c4cn(C)cn4)CN23)o1. The van der Waals surface area contributed by atoms with E-state index in [9.17, 15) is 9.59 Å². The fourth-order valence-corrected chi connectivity index (χ4v) is 3.84. The van der Waals surface area contributed by atoms with Gasteiger partial charge in [0.2, 0.25) is 17.7 Å². The van der Waals surface area contributed by atoms with Gasteiger partial charge in [-0.15, -0.1) is 10.2 Å². The Morgan fingerprint density at radius 2 is 2.25 bits per heavy atom. The highest BCUT2D eigenvalue weighted by atomic mass is 16.4. The number of hydrogen-bond donors (Lipinski definition) is 2. The number of aryl methyl sites for hydroxylation is 1. The van der Waals surface area contributed by atoms with Crippen LogP contribution in [0.3, 0.4) is 0 Å². The number of piperazine rings is 1. The first-order chi connectivity index (χ1) is 13.4. The first kappa shape index (κ1) is 18.6. The molecule has 2 aromatic rings. The molecule has 2 amide bonds. The maximum absolute atomic E-state index is 12.4. The van der Waals surface area contributed by atoms with Gasteiger partial charge in [0.15, 0.2) is 0 Å². The summed E-state index contributed by atoms with van der Waals surface area (Å²) in [6.45, 7) is 5.13. The molecule has 0 saturated carbocycles. The summed E-state index contributed by atoms with van der Waals surface area (Å²) in [5.41, 5.74) is 0.375. The predicted molar refractivity (Wildman–Crippen MR) is 98.5 cm³/mol. The van der Waals surface area contributed by atoms with Crippen LogP contribution in [0.1, 0.15) is 48.5 Å². The third-order valence-electron chi connectivity index (χ3n) is 5.28. The summed E-state index contributed by atoms with van der Waals surface area (Å²) in [7, 11) is 1.82. The van der Waals surface area contributed by atoms with Crippen LogP contribution in [0.5, 0.6) is 0 Å². The summed E-state index contributed by atoms with van der Waals surface area (Å²) in [6.07, 6.45) is 4.40. The highest BCUT2D eigenvalue weighted by Crippen LogP contribution is 2.26. The van der Waals surface area contributed by atoms with Crippen LogP contribution in [0.15, 0.2) is 16.9 Å². The van der Waals surface area contributed by atoms with Crippen LogP contribution in [-0.2, 0) is 18.3 Å². The molecule has 10 nitrogen and oxygen atoms in total. The smallest absolute Gasteiger partial charge is 0.271 e. The van der Waals surface area contributed by atoms with E-state index in [1.807, 2.05) is 20.9 Å². The molecule has 0 radical (unpaired) electrons. The van der Waals surface area contributed by atoms with Gasteiger partial charge in [0.25, 0.3) is 5.91 Å². The van der Waals surface area contributed by atoms with Crippen LogP contribution in [0.25, 0.3) is 0 Å². The molecular weight excluding hydrogens is 362 g/mol.